The topological polar surface area (TPSA) is 60.0 Å². The third-order valence-corrected chi connectivity index (χ3v) is 5.88. The zero-order valence-electron chi connectivity index (χ0n) is 18.2. The standard InChI is InChI=1S/C24H31BrN2O4/c1-3-30-22-14-19(20(25)16-23(22)31-4-2)15-24(28)26-21(18-8-6-5-7-9-18)17-27-10-12-29-13-11-27/h5-9,14,16,21H,3-4,10-13,15,17H2,1-2H3,(H,26,28). The van der Waals surface area contributed by atoms with Crippen molar-refractivity contribution >= 4 is 21.8 Å². The van der Waals surface area contributed by atoms with Crippen LogP contribution in [0.25, 0.3) is 0 Å². The minimum atomic E-state index is -0.0837. The summed E-state index contributed by atoms with van der Waals surface area (Å²) in [6.07, 6.45) is 0.250. The van der Waals surface area contributed by atoms with E-state index in [0.717, 1.165) is 48.4 Å². The smallest absolute Gasteiger partial charge is 0.224 e. The largest absolute Gasteiger partial charge is 0.490 e. The maximum atomic E-state index is 13.0. The van der Waals surface area contributed by atoms with E-state index < -0.39 is 0 Å². The van der Waals surface area contributed by atoms with E-state index in [0.29, 0.717) is 24.7 Å². The normalized spacial score (nSPS) is 15.3. The highest BCUT2D eigenvalue weighted by Gasteiger charge is 2.21. The Morgan fingerprint density at radius 3 is 2.39 bits per heavy atom. The molecule has 1 aliphatic heterocycles. The van der Waals surface area contributed by atoms with Crippen molar-refractivity contribution in [3.8, 4) is 11.5 Å². The van der Waals surface area contributed by atoms with E-state index in [4.69, 9.17) is 14.2 Å². The van der Waals surface area contributed by atoms with Crippen LogP contribution in [0.5, 0.6) is 11.5 Å². The first kappa shape index (κ1) is 23.6. The molecule has 1 amide bonds. The molecule has 0 aromatic heterocycles. The molecule has 2 aromatic rings. The van der Waals surface area contributed by atoms with Crippen LogP contribution >= 0.6 is 15.9 Å². The number of halogens is 1. The number of ether oxygens (including phenoxy) is 3. The molecule has 0 saturated carbocycles. The van der Waals surface area contributed by atoms with Crippen molar-refractivity contribution in [2.24, 2.45) is 0 Å². The SMILES string of the molecule is CCOc1cc(Br)c(CC(=O)NC(CN2CCOCC2)c2ccccc2)cc1OCC. The second-order valence-electron chi connectivity index (χ2n) is 7.38. The van der Waals surface area contributed by atoms with E-state index in [9.17, 15) is 4.79 Å². The molecule has 0 aliphatic carbocycles. The molecule has 1 atom stereocenters. The van der Waals surface area contributed by atoms with Crippen molar-refractivity contribution in [3.05, 3.63) is 58.1 Å². The Morgan fingerprint density at radius 2 is 1.74 bits per heavy atom. The number of carbonyl (C=O) groups excluding carboxylic acids is 1. The van der Waals surface area contributed by atoms with Crippen molar-refractivity contribution in [1.82, 2.24) is 10.2 Å². The van der Waals surface area contributed by atoms with E-state index in [1.807, 2.05) is 44.2 Å². The van der Waals surface area contributed by atoms with Gasteiger partial charge in [-0.1, -0.05) is 46.3 Å². The Hall–Kier alpha value is -2.09. The van der Waals surface area contributed by atoms with Gasteiger partial charge in [-0.2, -0.15) is 0 Å². The lowest BCUT2D eigenvalue weighted by molar-refractivity contribution is -0.121. The zero-order valence-corrected chi connectivity index (χ0v) is 19.8. The fourth-order valence-electron chi connectivity index (χ4n) is 3.63. The predicted molar refractivity (Wildman–Crippen MR) is 125 cm³/mol. The Kier molecular flexibility index (Phi) is 9.18. The molecule has 31 heavy (non-hydrogen) atoms. The van der Waals surface area contributed by atoms with Crippen LogP contribution in [0.3, 0.4) is 0 Å². The summed E-state index contributed by atoms with van der Waals surface area (Å²) in [4.78, 5) is 15.4. The van der Waals surface area contributed by atoms with Crippen LogP contribution in [0.1, 0.15) is 31.0 Å². The molecule has 1 heterocycles. The number of carbonyl (C=O) groups is 1. The number of rotatable bonds is 10. The highest BCUT2D eigenvalue weighted by Crippen LogP contribution is 2.34. The van der Waals surface area contributed by atoms with Crippen LogP contribution in [0, 0.1) is 0 Å². The van der Waals surface area contributed by atoms with Gasteiger partial charge in [-0.05, 0) is 37.1 Å². The molecule has 1 N–H and O–H groups in total. The molecule has 0 bridgehead atoms. The minimum Gasteiger partial charge on any atom is -0.490 e. The Morgan fingerprint density at radius 1 is 1.10 bits per heavy atom. The Balaban J connectivity index is 1.73. The predicted octanol–water partition coefficient (Wildman–Crippen LogP) is 3.98. The van der Waals surface area contributed by atoms with Gasteiger partial charge in [0.15, 0.2) is 11.5 Å². The molecule has 3 rings (SSSR count). The van der Waals surface area contributed by atoms with Gasteiger partial charge < -0.3 is 19.5 Å². The maximum Gasteiger partial charge on any atom is 0.224 e. The van der Waals surface area contributed by atoms with Crippen molar-refractivity contribution in [1.29, 1.82) is 0 Å². The van der Waals surface area contributed by atoms with Crippen LogP contribution in [-0.2, 0) is 16.0 Å². The minimum absolute atomic E-state index is 0.0329. The third-order valence-electron chi connectivity index (χ3n) is 5.15. The van der Waals surface area contributed by atoms with Gasteiger partial charge in [0.1, 0.15) is 0 Å². The summed E-state index contributed by atoms with van der Waals surface area (Å²) in [5.74, 6) is 1.30. The molecule has 6 nitrogen and oxygen atoms in total. The maximum absolute atomic E-state index is 13.0. The van der Waals surface area contributed by atoms with Gasteiger partial charge >= 0.3 is 0 Å². The van der Waals surface area contributed by atoms with Crippen molar-refractivity contribution in [3.63, 3.8) is 0 Å². The second kappa shape index (κ2) is 12.1. The average Bonchev–Trinajstić information content (AvgIpc) is 2.78. The molecular weight excluding hydrogens is 460 g/mol. The van der Waals surface area contributed by atoms with Gasteiger partial charge in [-0.15, -0.1) is 0 Å². The molecule has 0 radical (unpaired) electrons. The van der Waals surface area contributed by atoms with Gasteiger partial charge in [0, 0.05) is 24.1 Å². The van der Waals surface area contributed by atoms with E-state index >= 15 is 0 Å². The van der Waals surface area contributed by atoms with Crippen LogP contribution in [-0.4, -0.2) is 56.9 Å². The lowest BCUT2D eigenvalue weighted by Gasteiger charge is -2.31. The summed E-state index contributed by atoms with van der Waals surface area (Å²) in [6.45, 7) is 8.92. The molecular formula is C24H31BrN2O4. The van der Waals surface area contributed by atoms with Crippen molar-refractivity contribution in [2.45, 2.75) is 26.3 Å². The number of hydrogen-bond acceptors (Lipinski definition) is 5. The van der Waals surface area contributed by atoms with Gasteiger partial charge in [0.25, 0.3) is 0 Å². The number of amides is 1. The molecule has 1 fully saturated rings. The molecule has 1 saturated heterocycles. The number of hydrogen-bond donors (Lipinski definition) is 1. The first-order valence-electron chi connectivity index (χ1n) is 10.8. The summed E-state index contributed by atoms with van der Waals surface area (Å²) in [5, 5.41) is 3.23. The molecule has 0 spiro atoms. The van der Waals surface area contributed by atoms with E-state index in [1.54, 1.807) is 0 Å². The van der Waals surface area contributed by atoms with Crippen LogP contribution in [0.4, 0.5) is 0 Å². The summed E-state index contributed by atoms with van der Waals surface area (Å²) in [5.41, 5.74) is 1.96. The average molecular weight is 491 g/mol. The summed E-state index contributed by atoms with van der Waals surface area (Å²) in [6, 6.07) is 13.8. The number of benzene rings is 2. The lowest BCUT2D eigenvalue weighted by atomic mass is 10.0. The van der Waals surface area contributed by atoms with Crippen molar-refractivity contribution < 1.29 is 19.0 Å². The highest BCUT2D eigenvalue weighted by atomic mass is 79.9. The lowest BCUT2D eigenvalue weighted by Crippen LogP contribution is -2.43. The van der Waals surface area contributed by atoms with Gasteiger partial charge in [0.2, 0.25) is 5.91 Å². The van der Waals surface area contributed by atoms with E-state index in [2.05, 4.69) is 38.3 Å². The molecule has 168 valence electrons. The van der Waals surface area contributed by atoms with E-state index in [-0.39, 0.29) is 18.4 Å². The first-order valence-corrected chi connectivity index (χ1v) is 11.6. The quantitative estimate of drug-likeness (QED) is 0.545. The van der Waals surface area contributed by atoms with Crippen molar-refractivity contribution in [2.75, 3.05) is 46.1 Å². The monoisotopic (exact) mass is 490 g/mol. The molecule has 7 heteroatoms. The van der Waals surface area contributed by atoms with Gasteiger partial charge in [0.05, 0.1) is 38.9 Å². The first-order chi connectivity index (χ1) is 15.1. The molecule has 2 aromatic carbocycles. The third kappa shape index (κ3) is 6.95. The Bertz CT molecular complexity index is 841. The zero-order chi connectivity index (χ0) is 22.1. The van der Waals surface area contributed by atoms with Crippen LogP contribution in [0.2, 0.25) is 0 Å². The van der Waals surface area contributed by atoms with Gasteiger partial charge in [-0.25, -0.2) is 0 Å². The van der Waals surface area contributed by atoms with Crippen LogP contribution < -0.4 is 14.8 Å². The fourth-order valence-corrected chi connectivity index (χ4v) is 4.09. The molecule has 1 aliphatic rings. The summed E-state index contributed by atoms with van der Waals surface area (Å²) < 4.78 is 17.7. The number of nitrogens with zero attached hydrogens (tertiary/aromatic N) is 1. The van der Waals surface area contributed by atoms with E-state index in [1.165, 1.54) is 0 Å². The fraction of sp³-hybridized carbons (Fsp3) is 0.458. The van der Waals surface area contributed by atoms with Crippen LogP contribution in [0.15, 0.2) is 46.9 Å². The second-order valence-corrected chi connectivity index (χ2v) is 8.23. The Labute approximate surface area is 193 Å². The molecule has 1 unspecified atom stereocenters. The summed E-state index contributed by atoms with van der Waals surface area (Å²) >= 11 is 3.58. The summed E-state index contributed by atoms with van der Waals surface area (Å²) in [7, 11) is 0. The number of nitrogens with one attached hydrogen (secondary N) is 1. The van der Waals surface area contributed by atoms with Gasteiger partial charge in [-0.3, -0.25) is 9.69 Å². The number of morpholine rings is 1. The highest BCUT2D eigenvalue weighted by molar-refractivity contribution is 9.10.